The van der Waals surface area contributed by atoms with Crippen LogP contribution in [0.4, 0.5) is 0 Å². The summed E-state index contributed by atoms with van der Waals surface area (Å²) in [7, 11) is 0. The van der Waals surface area contributed by atoms with Crippen molar-refractivity contribution in [1.29, 1.82) is 0 Å². The zero-order chi connectivity index (χ0) is 27.4. The Morgan fingerprint density at radius 2 is 1.62 bits per heavy atom. The Balaban J connectivity index is 1.43. The van der Waals surface area contributed by atoms with Crippen LogP contribution in [0.2, 0.25) is 5.02 Å². The third kappa shape index (κ3) is 6.27. The number of nitrogens with zero attached hydrogens (tertiary/aromatic N) is 1. The smallest absolute Gasteiger partial charge is 0.326 e. The van der Waals surface area contributed by atoms with E-state index in [-0.39, 0.29) is 31.8 Å². The van der Waals surface area contributed by atoms with E-state index in [1.807, 2.05) is 66.7 Å². The molecule has 0 bridgehead atoms. The van der Waals surface area contributed by atoms with E-state index >= 15 is 0 Å². The van der Waals surface area contributed by atoms with Gasteiger partial charge in [-0.25, -0.2) is 4.79 Å². The number of carboxylic acids is 1. The number of aliphatic hydroxyl groups is 1. The number of rotatable bonds is 8. The van der Waals surface area contributed by atoms with Crippen molar-refractivity contribution in [1.82, 2.24) is 4.90 Å². The van der Waals surface area contributed by atoms with E-state index in [2.05, 4.69) is 0 Å². The van der Waals surface area contributed by atoms with E-state index in [9.17, 15) is 19.8 Å². The number of amides is 1. The van der Waals surface area contributed by atoms with Gasteiger partial charge in [0.25, 0.3) is 5.91 Å². The van der Waals surface area contributed by atoms with E-state index in [4.69, 9.17) is 21.1 Å². The highest BCUT2D eigenvalue weighted by Gasteiger charge is 2.40. The molecule has 0 spiro atoms. The van der Waals surface area contributed by atoms with Gasteiger partial charge in [-0.1, -0.05) is 78.3 Å². The van der Waals surface area contributed by atoms with Gasteiger partial charge in [0, 0.05) is 18.5 Å². The molecule has 2 atom stereocenters. The lowest BCUT2D eigenvalue weighted by atomic mass is 9.91. The molecule has 39 heavy (non-hydrogen) atoms. The molecule has 0 aromatic heterocycles. The first-order valence-corrected chi connectivity index (χ1v) is 13.7. The van der Waals surface area contributed by atoms with E-state index in [1.165, 1.54) is 4.90 Å². The Morgan fingerprint density at radius 3 is 2.28 bits per heavy atom. The second kappa shape index (κ2) is 12.2. The minimum absolute atomic E-state index is 0.0677. The Bertz CT molecular complexity index is 1290. The van der Waals surface area contributed by atoms with Crippen molar-refractivity contribution in [2.75, 3.05) is 0 Å². The van der Waals surface area contributed by atoms with E-state index in [0.29, 0.717) is 47.6 Å². The van der Waals surface area contributed by atoms with Gasteiger partial charge in [-0.15, -0.1) is 0 Å². The molecule has 3 aromatic carbocycles. The van der Waals surface area contributed by atoms with Crippen molar-refractivity contribution in [3.8, 4) is 5.75 Å². The van der Waals surface area contributed by atoms with Gasteiger partial charge in [0.2, 0.25) is 0 Å². The fourth-order valence-corrected chi connectivity index (χ4v) is 5.61. The van der Waals surface area contributed by atoms with Gasteiger partial charge < -0.3 is 24.6 Å². The number of hydrogen-bond donors (Lipinski definition) is 2. The van der Waals surface area contributed by atoms with Crippen LogP contribution in [0.1, 0.15) is 54.0 Å². The largest absolute Gasteiger partial charge is 0.487 e. The monoisotopic (exact) mass is 549 g/mol. The number of carbonyl (C=O) groups excluding carboxylic acids is 1. The van der Waals surface area contributed by atoms with Crippen LogP contribution >= 0.6 is 11.6 Å². The van der Waals surface area contributed by atoms with Crippen LogP contribution in [0, 0.1) is 0 Å². The number of carboxylic acid groups (broad SMARTS) is 1. The number of benzene rings is 3. The number of aliphatic carboxylic acids is 1. The maximum absolute atomic E-state index is 14.1. The van der Waals surface area contributed by atoms with Crippen molar-refractivity contribution in [3.63, 3.8) is 0 Å². The molecule has 0 saturated heterocycles. The Hall–Kier alpha value is -3.39. The molecule has 5 rings (SSSR count). The third-order valence-corrected chi connectivity index (χ3v) is 7.81. The average molecular weight is 550 g/mol. The van der Waals surface area contributed by atoms with Crippen molar-refractivity contribution >= 4 is 23.5 Å². The quantitative estimate of drug-likeness (QED) is 0.395. The maximum Gasteiger partial charge on any atom is 0.326 e. The molecule has 7 nitrogen and oxygen atoms in total. The average Bonchev–Trinajstić information content (AvgIpc) is 2.96. The van der Waals surface area contributed by atoms with Gasteiger partial charge in [0.05, 0.1) is 17.2 Å². The van der Waals surface area contributed by atoms with Crippen molar-refractivity contribution in [2.45, 2.75) is 69.6 Å². The third-order valence-electron chi connectivity index (χ3n) is 7.52. The minimum atomic E-state index is -1.11. The second-order valence-electron chi connectivity index (χ2n) is 10.2. The lowest BCUT2D eigenvalue weighted by Gasteiger charge is -2.38. The SMILES string of the molecule is O=C(O)[C@H]1Cc2c(ccc(Cl)c2OCc2ccccc2)CN1C(=O)[C@@H](OC1CCC(O)CC1)c1ccccc1. The molecule has 1 fully saturated rings. The van der Waals surface area contributed by atoms with Gasteiger partial charge in [-0.05, 0) is 48.4 Å². The normalized spacial score (nSPS) is 21.6. The number of hydrogen-bond acceptors (Lipinski definition) is 5. The second-order valence-corrected chi connectivity index (χ2v) is 10.6. The zero-order valence-electron chi connectivity index (χ0n) is 21.5. The first kappa shape index (κ1) is 27.2. The van der Waals surface area contributed by atoms with Crippen LogP contribution < -0.4 is 4.74 Å². The van der Waals surface area contributed by atoms with E-state index in [1.54, 1.807) is 6.07 Å². The molecule has 1 aliphatic heterocycles. The molecular formula is C31H32ClNO6. The highest BCUT2D eigenvalue weighted by Crippen LogP contribution is 2.39. The highest BCUT2D eigenvalue weighted by atomic mass is 35.5. The molecule has 0 radical (unpaired) electrons. The minimum Gasteiger partial charge on any atom is -0.487 e. The molecule has 2 aliphatic rings. The van der Waals surface area contributed by atoms with Crippen LogP contribution in [0.15, 0.2) is 72.8 Å². The Morgan fingerprint density at radius 1 is 0.949 bits per heavy atom. The number of ether oxygens (including phenoxy) is 2. The summed E-state index contributed by atoms with van der Waals surface area (Å²) in [6, 6.07) is 21.3. The molecule has 1 amide bonds. The van der Waals surface area contributed by atoms with E-state index < -0.39 is 24.0 Å². The van der Waals surface area contributed by atoms with Crippen LogP contribution in [0.25, 0.3) is 0 Å². The number of carbonyl (C=O) groups is 2. The molecule has 204 valence electrons. The highest BCUT2D eigenvalue weighted by molar-refractivity contribution is 6.32. The summed E-state index contributed by atoms with van der Waals surface area (Å²) in [5, 5.41) is 20.5. The van der Waals surface area contributed by atoms with Gasteiger partial charge in [-0.3, -0.25) is 4.79 Å². The number of fused-ring (bicyclic) bond motifs is 1. The molecule has 2 N–H and O–H groups in total. The fourth-order valence-electron chi connectivity index (χ4n) is 5.38. The first-order valence-electron chi connectivity index (χ1n) is 13.3. The molecule has 1 saturated carbocycles. The summed E-state index contributed by atoms with van der Waals surface area (Å²) in [5.74, 6) is -1.05. The summed E-state index contributed by atoms with van der Waals surface area (Å²) in [6.45, 7) is 0.386. The lowest BCUT2D eigenvalue weighted by Crippen LogP contribution is -2.51. The van der Waals surface area contributed by atoms with Gasteiger partial charge >= 0.3 is 5.97 Å². The van der Waals surface area contributed by atoms with Crippen LogP contribution in [0.5, 0.6) is 5.75 Å². The summed E-state index contributed by atoms with van der Waals surface area (Å²) in [6.07, 6.45) is 1.08. The zero-order valence-corrected chi connectivity index (χ0v) is 22.3. The Labute approximate surface area is 232 Å². The fraction of sp³-hybridized carbons (Fsp3) is 0.355. The summed E-state index contributed by atoms with van der Waals surface area (Å²) >= 11 is 6.51. The summed E-state index contributed by atoms with van der Waals surface area (Å²) in [5.41, 5.74) is 3.13. The Kier molecular flexibility index (Phi) is 8.50. The molecule has 3 aromatic rings. The number of aliphatic hydroxyl groups excluding tert-OH is 1. The van der Waals surface area contributed by atoms with Crippen LogP contribution in [-0.2, 0) is 33.9 Å². The standard InChI is InChI=1S/C31H32ClNO6/c32-26-16-11-22-18-33(27(31(36)37)17-25(22)29(26)38-19-20-7-3-1-4-8-20)30(35)28(21-9-5-2-6-10-21)39-24-14-12-23(34)13-15-24/h1-11,16,23-24,27-28,34H,12-15,17-19H2,(H,36,37)/t23?,24?,27-,28+/m1/s1. The lowest BCUT2D eigenvalue weighted by molar-refractivity contribution is -0.161. The van der Waals surface area contributed by atoms with E-state index in [0.717, 1.165) is 11.1 Å². The molecule has 8 heteroatoms. The topological polar surface area (TPSA) is 96.3 Å². The van der Waals surface area contributed by atoms with Gasteiger partial charge in [-0.2, -0.15) is 0 Å². The van der Waals surface area contributed by atoms with Gasteiger partial charge in [0.15, 0.2) is 6.10 Å². The molecule has 0 unspecified atom stereocenters. The van der Waals surface area contributed by atoms with Crippen LogP contribution in [-0.4, -0.2) is 45.2 Å². The van der Waals surface area contributed by atoms with Crippen molar-refractivity contribution < 1.29 is 29.3 Å². The summed E-state index contributed by atoms with van der Waals surface area (Å²) in [4.78, 5) is 28.0. The first-order chi connectivity index (χ1) is 18.9. The van der Waals surface area contributed by atoms with Crippen molar-refractivity contribution in [2.24, 2.45) is 0 Å². The molecule has 1 heterocycles. The predicted molar refractivity (Wildman–Crippen MR) is 146 cm³/mol. The molecular weight excluding hydrogens is 518 g/mol. The van der Waals surface area contributed by atoms with Crippen LogP contribution in [0.3, 0.4) is 0 Å². The van der Waals surface area contributed by atoms with Gasteiger partial charge in [0.1, 0.15) is 18.4 Å². The predicted octanol–water partition coefficient (Wildman–Crippen LogP) is 5.32. The maximum atomic E-state index is 14.1. The molecule has 1 aliphatic carbocycles. The number of halogens is 1. The van der Waals surface area contributed by atoms with Crippen molar-refractivity contribution in [3.05, 3.63) is 100 Å². The summed E-state index contributed by atoms with van der Waals surface area (Å²) < 4.78 is 12.4.